The number of benzene rings is 7. The molecule has 59 heavy (non-hydrogen) atoms. The predicted octanol–water partition coefficient (Wildman–Crippen LogP) is 15.2. The number of allylic oxidation sites excluding steroid dienone is 9. The second kappa shape index (κ2) is 14.0. The van der Waals surface area contributed by atoms with Gasteiger partial charge in [-0.25, -0.2) is 4.98 Å². The van der Waals surface area contributed by atoms with E-state index in [9.17, 15) is 0 Å². The van der Waals surface area contributed by atoms with Crippen molar-refractivity contribution < 1.29 is 0 Å². The molecule has 0 radical (unpaired) electrons. The molecule has 2 unspecified atom stereocenters. The van der Waals surface area contributed by atoms with Gasteiger partial charge in [0.1, 0.15) is 0 Å². The molecule has 2 aromatic heterocycles. The van der Waals surface area contributed by atoms with Crippen molar-refractivity contribution in [2.45, 2.75) is 37.5 Å². The third-order valence-electron chi connectivity index (χ3n) is 12.9. The third-order valence-corrected chi connectivity index (χ3v) is 14.1. The largest absolute Gasteiger partial charge is 0.252 e. The molecule has 0 amide bonds. The predicted molar refractivity (Wildman–Crippen MR) is 252 cm³/mol. The molecular formula is C56H40N2S. The Morgan fingerprint density at radius 3 is 2.19 bits per heavy atom. The molecule has 0 fully saturated rings. The molecule has 3 aliphatic carbocycles. The van der Waals surface area contributed by atoms with Gasteiger partial charge in [0.15, 0.2) is 0 Å². The molecule has 0 saturated carbocycles. The van der Waals surface area contributed by atoms with E-state index in [1.165, 1.54) is 81.0 Å². The Morgan fingerprint density at radius 1 is 0.610 bits per heavy atom. The van der Waals surface area contributed by atoms with Gasteiger partial charge in [-0.05, 0) is 109 Å². The van der Waals surface area contributed by atoms with Crippen LogP contribution in [0.1, 0.15) is 63.9 Å². The smallest absolute Gasteiger partial charge is 0.0975 e. The summed E-state index contributed by atoms with van der Waals surface area (Å²) in [7, 11) is 0. The maximum absolute atomic E-state index is 5.30. The van der Waals surface area contributed by atoms with E-state index in [1.807, 2.05) is 17.5 Å². The lowest BCUT2D eigenvalue weighted by atomic mass is 9.86. The number of hydrogen-bond donors (Lipinski definition) is 0. The van der Waals surface area contributed by atoms with Gasteiger partial charge < -0.3 is 0 Å². The highest BCUT2D eigenvalue weighted by Crippen LogP contribution is 2.42. The molecule has 7 aromatic carbocycles. The summed E-state index contributed by atoms with van der Waals surface area (Å²) in [5, 5.41) is 8.75. The zero-order valence-electron chi connectivity index (χ0n) is 32.6. The highest BCUT2D eigenvalue weighted by Gasteiger charge is 2.21. The van der Waals surface area contributed by atoms with Gasteiger partial charge >= 0.3 is 0 Å². The highest BCUT2D eigenvalue weighted by atomic mass is 32.1. The molecule has 12 rings (SSSR count). The quantitative estimate of drug-likeness (QED) is 0.163. The van der Waals surface area contributed by atoms with Crippen LogP contribution < -0.4 is 0 Å². The first-order chi connectivity index (χ1) is 29.2. The summed E-state index contributed by atoms with van der Waals surface area (Å²) >= 11 is 1.95. The zero-order valence-corrected chi connectivity index (χ0v) is 33.4. The van der Waals surface area contributed by atoms with Crippen LogP contribution in [0, 0.1) is 0 Å². The van der Waals surface area contributed by atoms with Crippen molar-refractivity contribution in [1.29, 1.82) is 0 Å². The monoisotopic (exact) mass is 772 g/mol. The van der Waals surface area contributed by atoms with Crippen molar-refractivity contribution in [3.8, 4) is 11.1 Å². The van der Waals surface area contributed by atoms with E-state index in [1.54, 1.807) is 0 Å². The Bertz CT molecular complexity index is 3300. The van der Waals surface area contributed by atoms with E-state index < -0.39 is 0 Å². The topological polar surface area (TPSA) is 25.8 Å². The fourth-order valence-electron chi connectivity index (χ4n) is 9.76. The van der Waals surface area contributed by atoms with Gasteiger partial charge in [0.25, 0.3) is 0 Å². The molecule has 0 spiro atoms. The average molecular weight is 773 g/mol. The summed E-state index contributed by atoms with van der Waals surface area (Å²) in [5.74, 6) is 0.541. The summed E-state index contributed by atoms with van der Waals surface area (Å²) in [6.07, 6.45) is 24.8. The van der Waals surface area contributed by atoms with Crippen LogP contribution in [0.2, 0.25) is 0 Å². The molecule has 3 heteroatoms. The summed E-state index contributed by atoms with van der Waals surface area (Å²) in [6, 6.07) is 47.0. The van der Waals surface area contributed by atoms with Crippen LogP contribution in [0.3, 0.4) is 0 Å². The van der Waals surface area contributed by atoms with E-state index >= 15 is 0 Å². The lowest BCUT2D eigenvalue weighted by molar-refractivity contribution is 0.827. The van der Waals surface area contributed by atoms with Gasteiger partial charge in [-0.2, -0.15) is 0 Å². The van der Waals surface area contributed by atoms with E-state index in [-0.39, 0.29) is 5.92 Å². The first-order valence-corrected chi connectivity index (χ1v) is 21.7. The van der Waals surface area contributed by atoms with Crippen LogP contribution in [0.4, 0.5) is 0 Å². The van der Waals surface area contributed by atoms with Crippen LogP contribution in [-0.2, 0) is 6.42 Å². The summed E-state index contributed by atoms with van der Waals surface area (Å²) < 4.78 is 1.43. The Balaban J connectivity index is 0.758. The fraction of sp³-hybridized carbons (Fsp3) is 0.107. The molecule has 9 aromatic rings. The maximum atomic E-state index is 5.30. The van der Waals surface area contributed by atoms with E-state index in [4.69, 9.17) is 9.97 Å². The average Bonchev–Trinajstić information content (AvgIpc) is 3.70. The number of hydrogen-bond acceptors (Lipinski definition) is 3. The zero-order chi connectivity index (χ0) is 38.9. The number of nitrogens with zero attached hydrogens (tertiary/aromatic N) is 2. The molecule has 0 aliphatic heterocycles. The maximum Gasteiger partial charge on any atom is 0.0975 e. The number of aromatic nitrogens is 2. The standard InChI is InChI=1S/C56H40N2S/c1-3-14-49-46(11-1)47-12-2-4-15-50(47)55-54(49)57-34-52(58-55)44-10-7-9-39(33-44)35-19-21-36(22-20-35)40-27-29-43-32-41(28-30-42(43)31-40)37-23-25-38(26-24-37)45-16-8-17-51-48-13-5-6-18-53(48)59-56(45)51/h1-4,6-12,14-23,25-32,34,37,44H,5,13,24,33H2. The van der Waals surface area contributed by atoms with Gasteiger partial charge in [0.05, 0.1) is 16.7 Å². The first kappa shape index (κ1) is 34.4. The molecule has 2 heterocycles. The number of aryl methyl sites for hydroxylation is 1. The molecular weight excluding hydrogens is 733 g/mol. The van der Waals surface area contributed by atoms with Gasteiger partial charge in [0, 0.05) is 38.4 Å². The molecule has 280 valence electrons. The van der Waals surface area contributed by atoms with Crippen LogP contribution in [0.15, 0.2) is 176 Å². The van der Waals surface area contributed by atoms with Gasteiger partial charge in [-0.3, -0.25) is 4.98 Å². The second-order valence-corrected chi connectivity index (χ2v) is 17.4. The lowest BCUT2D eigenvalue weighted by Crippen LogP contribution is -2.04. The van der Waals surface area contributed by atoms with Crippen LogP contribution in [-0.4, -0.2) is 9.97 Å². The second-order valence-electron chi connectivity index (χ2n) is 16.3. The highest BCUT2D eigenvalue weighted by molar-refractivity contribution is 7.20. The Hall–Kier alpha value is -6.68. The van der Waals surface area contributed by atoms with Crippen molar-refractivity contribution in [2.24, 2.45) is 0 Å². The fourth-order valence-corrected chi connectivity index (χ4v) is 11.1. The number of fused-ring (bicyclic) bond motifs is 10. The van der Waals surface area contributed by atoms with E-state index in [0.29, 0.717) is 5.92 Å². The minimum absolute atomic E-state index is 0.161. The number of rotatable bonds is 5. The summed E-state index contributed by atoms with van der Waals surface area (Å²) in [5.41, 5.74) is 13.6. The Labute approximate surface area is 347 Å². The van der Waals surface area contributed by atoms with Crippen molar-refractivity contribution >= 4 is 82.0 Å². The van der Waals surface area contributed by atoms with Gasteiger partial charge in [-0.15, -0.1) is 11.3 Å². The van der Waals surface area contributed by atoms with Crippen molar-refractivity contribution in [2.75, 3.05) is 0 Å². The molecule has 2 atom stereocenters. The van der Waals surface area contributed by atoms with Crippen LogP contribution in [0.5, 0.6) is 0 Å². The number of thiophene rings is 1. The van der Waals surface area contributed by atoms with Gasteiger partial charge in [-0.1, -0.05) is 164 Å². The third kappa shape index (κ3) is 5.91. The van der Waals surface area contributed by atoms with E-state index in [0.717, 1.165) is 53.2 Å². The molecule has 2 nitrogen and oxygen atoms in total. The summed E-state index contributed by atoms with van der Waals surface area (Å²) in [6.45, 7) is 0. The summed E-state index contributed by atoms with van der Waals surface area (Å²) in [4.78, 5) is 11.8. The molecule has 0 N–H and O–H groups in total. The molecule has 0 bridgehead atoms. The van der Waals surface area contributed by atoms with Crippen molar-refractivity contribution in [3.63, 3.8) is 0 Å². The van der Waals surface area contributed by atoms with Crippen molar-refractivity contribution in [3.05, 3.63) is 209 Å². The minimum atomic E-state index is 0.161. The molecule has 0 saturated heterocycles. The van der Waals surface area contributed by atoms with E-state index in [2.05, 4.69) is 176 Å². The van der Waals surface area contributed by atoms with Crippen LogP contribution >= 0.6 is 11.3 Å². The SMILES string of the molecule is C1=CC(c2cnc3c4ccccc4c4ccccc4c3n2)CC(c2ccc(-c3ccc4cc(C5C=CC(c6cccc7c8c(sc67)C=CCC8)=CC5)ccc4c3)cc2)=C1. The van der Waals surface area contributed by atoms with Crippen LogP contribution in [0.25, 0.3) is 81.8 Å². The van der Waals surface area contributed by atoms with Gasteiger partial charge in [0.2, 0.25) is 0 Å². The lowest BCUT2D eigenvalue weighted by Gasteiger charge is -2.19. The molecule has 3 aliphatic rings. The Morgan fingerprint density at radius 2 is 1.36 bits per heavy atom. The normalized spacial score (nSPS) is 17.6. The minimum Gasteiger partial charge on any atom is -0.252 e. The Kier molecular flexibility index (Phi) is 8.16. The van der Waals surface area contributed by atoms with Crippen molar-refractivity contribution in [1.82, 2.24) is 9.97 Å². The first-order valence-electron chi connectivity index (χ1n) is 20.9.